The molecule has 0 saturated carbocycles. The Morgan fingerprint density at radius 3 is 3.33 bits per heavy atom. The van der Waals surface area contributed by atoms with Gasteiger partial charge in [0, 0.05) is 12.6 Å². The predicted octanol–water partition coefficient (Wildman–Crippen LogP) is 1.38. The van der Waals surface area contributed by atoms with Crippen molar-refractivity contribution in [1.82, 2.24) is 4.67 Å². The van der Waals surface area contributed by atoms with Crippen molar-refractivity contribution in [1.29, 1.82) is 0 Å². The molecule has 0 aromatic heterocycles. The molecule has 0 aliphatic carbocycles. The summed E-state index contributed by atoms with van der Waals surface area (Å²) in [6.45, 7) is 3.45. The van der Waals surface area contributed by atoms with E-state index in [1.807, 2.05) is 0 Å². The van der Waals surface area contributed by atoms with Gasteiger partial charge in [-0.2, -0.15) is 0 Å². The highest BCUT2D eigenvalue weighted by atomic mass is 31.1. The zero-order chi connectivity index (χ0) is 6.27. The molecule has 0 bridgehead atoms. The van der Waals surface area contributed by atoms with E-state index in [1.165, 1.54) is 19.4 Å². The average Bonchev–Trinajstić information content (AvgIpc) is 2.35. The Balaban J connectivity index is 2.07. The maximum atomic E-state index is 5.47. The van der Waals surface area contributed by atoms with Crippen molar-refractivity contribution < 1.29 is 4.52 Å². The normalized spacial score (nSPS) is 46.3. The third-order valence-corrected chi connectivity index (χ3v) is 3.46. The first-order chi connectivity index (χ1) is 4.38. The monoisotopic (exact) mass is 145 g/mol. The smallest absolute Gasteiger partial charge is 0.0897 e. The van der Waals surface area contributed by atoms with E-state index in [4.69, 9.17) is 4.52 Å². The van der Waals surface area contributed by atoms with Gasteiger partial charge in [-0.05, 0) is 19.8 Å². The van der Waals surface area contributed by atoms with E-state index < -0.39 is 0 Å². The van der Waals surface area contributed by atoms with Crippen LogP contribution in [-0.2, 0) is 4.52 Å². The van der Waals surface area contributed by atoms with Gasteiger partial charge >= 0.3 is 0 Å². The Bertz CT molecular complexity index is 120. The molecule has 3 heteroatoms. The number of rotatable bonds is 0. The van der Waals surface area contributed by atoms with Gasteiger partial charge in [-0.1, -0.05) is 0 Å². The van der Waals surface area contributed by atoms with E-state index in [9.17, 15) is 0 Å². The van der Waals surface area contributed by atoms with Crippen LogP contribution in [0.3, 0.4) is 0 Å². The van der Waals surface area contributed by atoms with E-state index in [0.29, 0.717) is 15.1 Å². The summed E-state index contributed by atoms with van der Waals surface area (Å²) in [7, 11) is 0.656. The van der Waals surface area contributed by atoms with Crippen molar-refractivity contribution in [3.05, 3.63) is 0 Å². The second-order valence-electron chi connectivity index (χ2n) is 2.82. The Hall–Kier alpha value is 0.350. The van der Waals surface area contributed by atoms with Crippen LogP contribution in [0.25, 0.3) is 0 Å². The van der Waals surface area contributed by atoms with Crippen molar-refractivity contribution in [3.8, 4) is 0 Å². The van der Waals surface area contributed by atoms with Crippen LogP contribution < -0.4 is 0 Å². The molecule has 2 rings (SSSR count). The van der Waals surface area contributed by atoms with Gasteiger partial charge in [-0.15, -0.1) is 0 Å². The molecule has 9 heavy (non-hydrogen) atoms. The molecule has 2 aliphatic rings. The number of nitrogens with zero attached hydrogens (tertiary/aromatic N) is 1. The van der Waals surface area contributed by atoms with Crippen molar-refractivity contribution >= 4 is 8.96 Å². The molecule has 2 fully saturated rings. The lowest BCUT2D eigenvalue weighted by Crippen LogP contribution is -2.24. The highest BCUT2D eigenvalue weighted by molar-refractivity contribution is 7.29. The van der Waals surface area contributed by atoms with Crippen LogP contribution in [0.15, 0.2) is 0 Å². The first kappa shape index (κ1) is 6.09. The van der Waals surface area contributed by atoms with Crippen molar-refractivity contribution in [2.45, 2.75) is 31.9 Å². The van der Waals surface area contributed by atoms with Gasteiger partial charge in [-0.25, -0.2) is 0 Å². The lowest BCUT2D eigenvalue weighted by atomic mass is 10.1. The van der Waals surface area contributed by atoms with Gasteiger partial charge < -0.3 is 4.52 Å². The van der Waals surface area contributed by atoms with Crippen molar-refractivity contribution in [2.24, 2.45) is 0 Å². The standard InChI is InChI=1S/C6H12NOP/c1-5-6-3-2-4-7(6)9-8-5/h5-6,9H,2-4H2,1H3/t5-,6-/m1/s1. The molecule has 2 saturated heterocycles. The zero-order valence-electron chi connectivity index (χ0n) is 5.63. The van der Waals surface area contributed by atoms with Crippen molar-refractivity contribution in [3.63, 3.8) is 0 Å². The first-order valence-electron chi connectivity index (χ1n) is 3.56. The molecule has 0 spiro atoms. The van der Waals surface area contributed by atoms with E-state index in [0.717, 1.165) is 6.04 Å². The van der Waals surface area contributed by atoms with Gasteiger partial charge in [0.1, 0.15) is 0 Å². The molecule has 0 radical (unpaired) electrons. The average molecular weight is 145 g/mol. The van der Waals surface area contributed by atoms with Crippen LogP contribution in [0, 0.1) is 0 Å². The zero-order valence-corrected chi connectivity index (χ0v) is 6.63. The lowest BCUT2D eigenvalue weighted by Gasteiger charge is -2.11. The van der Waals surface area contributed by atoms with Crippen LogP contribution in [-0.4, -0.2) is 23.4 Å². The van der Waals surface area contributed by atoms with Gasteiger partial charge in [-0.3, -0.25) is 4.67 Å². The second kappa shape index (κ2) is 2.19. The van der Waals surface area contributed by atoms with Crippen LogP contribution in [0.5, 0.6) is 0 Å². The molecule has 52 valence electrons. The Morgan fingerprint density at radius 2 is 2.56 bits per heavy atom. The van der Waals surface area contributed by atoms with Gasteiger partial charge in [0.15, 0.2) is 0 Å². The van der Waals surface area contributed by atoms with E-state index >= 15 is 0 Å². The summed E-state index contributed by atoms with van der Waals surface area (Å²) in [5.74, 6) is 0. The minimum absolute atomic E-state index is 0.505. The van der Waals surface area contributed by atoms with Gasteiger partial charge in [0.25, 0.3) is 0 Å². The van der Waals surface area contributed by atoms with Crippen molar-refractivity contribution in [2.75, 3.05) is 6.54 Å². The Morgan fingerprint density at radius 1 is 1.67 bits per heavy atom. The first-order valence-corrected chi connectivity index (χ1v) is 4.41. The minimum atomic E-state index is 0.505. The van der Waals surface area contributed by atoms with Crippen LogP contribution in [0.2, 0.25) is 0 Å². The Labute approximate surface area is 57.5 Å². The summed E-state index contributed by atoms with van der Waals surface area (Å²) < 4.78 is 7.94. The van der Waals surface area contributed by atoms with Gasteiger partial charge in [0.2, 0.25) is 0 Å². The molecule has 2 heterocycles. The maximum Gasteiger partial charge on any atom is 0.0897 e. The fourth-order valence-electron chi connectivity index (χ4n) is 1.62. The third kappa shape index (κ3) is 0.899. The predicted molar refractivity (Wildman–Crippen MR) is 38.6 cm³/mol. The maximum absolute atomic E-state index is 5.47. The summed E-state index contributed by atoms with van der Waals surface area (Å²) in [5.41, 5.74) is 0. The molecule has 2 nitrogen and oxygen atoms in total. The molecule has 2 aliphatic heterocycles. The summed E-state index contributed by atoms with van der Waals surface area (Å²) in [5, 5.41) is 0. The number of fused-ring (bicyclic) bond motifs is 1. The third-order valence-electron chi connectivity index (χ3n) is 2.20. The summed E-state index contributed by atoms with van der Waals surface area (Å²) in [6.07, 6.45) is 3.24. The molecule has 0 aromatic carbocycles. The lowest BCUT2D eigenvalue weighted by molar-refractivity contribution is 0.233. The largest absolute Gasteiger partial charge is 0.342 e. The number of hydrogen-bond donors (Lipinski definition) is 0. The Kier molecular flexibility index (Phi) is 1.48. The van der Waals surface area contributed by atoms with Gasteiger partial charge in [0.05, 0.1) is 15.1 Å². The fraction of sp³-hybridized carbons (Fsp3) is 1.00. The minimum Gasteiger partial charge on any atom is -0.342 e. The highest BCUT2D eigenvalue weighted by Gasteiger charge is 2.35. The van der Waals surface area contributed by atoms with Crippen LogP contribution in [0.1, 0.15) is 19.8 Å². The van der Waals surface area contributed by atoms with E-state index in [2.05, 4.69) is 11.6 Å². The molecular weight excluding hydrogens is 133 g/mol. The number of hydrogen-bond acceptors (Lipinski definition) is 2. The summed E-state index contributed by atoms with van der Waals surface area (Å²) >= 11 is 0. The highest BCUT2D eigenvalue weighted by Crippen LogP contribution is 2.41. The van der Waals surface area contributed by atoms with E-state index in [-0.39, 0.29) is 0 Å². The molecule has 0 N–H and O–H groups in total. The SMILES string of the molecule is C[C@H]1OPN2CCC[C@H]12. The van der Waals surface area contributed by atoms with E-state index in [1.54, 1.807) is 0 Å². The molecular formula is C6H12NOP. The molecule has 0 amide bonds. The summed E-state index contributed by atoms with van der Waals surface area (Å²) in [6, 6.07) is 0.767. The van der Waals surface area contributed by atoms with Crippen LogP contribution in [0.4, 0.5) is 0 Å². The quantitative estimate of drug-likeness (QED) is 0.477. The van der Waals surface area contributed by atoms with Crippen LogP contribution >= 0.6 is 8.96 Å². The molecule has 1 unspecified atom stereocenters. The fourth-order valence-corrected chi connectivity index (χ4v) is 2.81. The topological polar surface area (TPSA) is 12.5 Å². The molecule has 3 atom stereocenters. The second-order valence-corrected chi connectivity index (χ2v) is 3.81. The summed E-state index contributed by atoms with van der Waals surface area (Å²) in [4.78, 5) is 0. The molecule has 0 aromatic rings.